The van der Waals surface area contributed by atoms with Gasteiger partial charge in [0, 0.05) is 10.9 Å². The van der Waals surface area contributed by atoms with Crippen LogP contribution in [0.4, 0.5) is 13.2 Å². The van der Waals surface area contributed by atoms with Crippen LogP contribution in [0.3, 0.4) is 0 Å². The van der Waals surface area contributed by atoms with E-state index in [1.807, 2.05) is 26.0 Å². The molecule has 2 heterocycles. The van der Waals surface area contributed by atoms with E-state index in [0.717, 1.165) is 5.56 Å². The molecule has 3 aromatic rings. The number of carbonyl (C=O) groups is 1. The SMILES string of the molecule is CCC1C=C(NC(=O)c2ccccc2C)C=NC(c2c(C(F)(F)F)oc3ccccc23)=C1. The number of allylic oxidation sites excluding steroid dienone is 3. The first-order chi connectivity index (χ1) is 15.3. The van der Waals surface area contributed by atoms with Crippen LogP contribution < -0.4 is 5.32 Å². The molecule has 0 bridgehead atoms. The monoisotopic (exact) mass is 438 g/mol. The molecule has 0 radical (unpaired) electrons. The normalized spacial score (nSPS) is 16.5. The van der Waals surface area contributed by atoms with Gasteiger partial charge in [-0.3, -0.25) is 9.79 Å². The van der Waals surface area contributed by atoms with Gasteiger partial charge in [-0.1, -0.05) is 55.5 Å². The largest absolute Gasteiger partial charge is 0.451 e. The molecular weight excluding hydrogens is 417 g/mol. The Hall–Kier alpha value is -3.61. The van der Waals surface area contributed by atoms with Gasteiger partial charge in [0.1, 0.15) is 5.58 Å². The van der Waals surface area contributed by atoms with Crippen LogP contribution >= 0.6 is 0 Å². The summed E-state index contributed by atoms with van der Waals surface area (Å²) in [7, 11) is 0. The van der Waals surface area contributed by atoms with Gasteiger partial charge in [-0.05, 0) is 37.0 Å². The number of hydrogen-bond acceptors (Lipinski definition) is 3. The molecule has 0 saturated heterocycles. The van der Waals surface area contributed by atoms with Crippen molar-refractivity contribution >= 4 is 28.8 Å². The predicted molar refractivity (Wildman–Crippen MR) is 118 cm³/mol. The Kier molecular flexibility index (Phi) is 5.74. The fourth-order valence-corrected chi connectivity index (χ4v) is 3.69. The zero-order valence-electron chi connectivity index (χ0n) is 17.5. The number of fused-ring (bicyclic) bond motifs is 1. The third-order valence-corrected chi connectivity index (χ3v) is 5.34. The second-order valence-corrected chi connectivity index (χ2v) is 7.57. The molecule has 1 aliphatic heterocycles. The number of carbonyl (C=O) groups excluding carboxylic acids is 1. The van der Waals surface area contributed by atoms with Crippen molar-refractivity contribution < 1.29 is 22.4 Å². The number of para-hydroxylation sites is 1. The van der Waals surface area contributed by atoms with Crippen LogP contribution in [0.5, 0.6) is 0 Å². The summed E-state index contributed by atoms with van der Waals surface area (Å²) in [4.78, 5) is 17.0. The first-order valence-corrected chi connectivity index (χ1v) is 10.2. The van der Waals surface area contributed by atoms with Crippen LogP contribution in [-0.4, -0.2) is 12.1 Å². The number of aryl methyl sites for hydroxylation is 1. The van der Waals surface area contributed by atoms with Crippen LogP contribution in [0.15, 0.2) is 75.8 Å². The average molecular weight is 438 g/mol. The van der Waals surface area contributed by atoms with E-state index in [1.54, 1.807) is 42.5 Å². The van der Waals surface area contributed by atoms with Gasteiger partial charge in [0.15, 0.2) is 0 Å². The number of aliphatic imine (C=N–C) groups is 1. The van der Waals surface area contributed by atoms with Gasteiger partial charge in [-0.15, -0.1) is 0 Å². The van der Waals surface area contributed by atoms with Gasteiger partial charge in [-0.25, -0.2) is 0 Å². The summed E-state index contributed by atoms with van der Waals surface area (Å²) in [5.74, 6) is -1.61. The fraction of sp³-hybridized carbons (Fsp3) is 0.200. The average Bonchev–Trinajstić information content (AvgIpc) is 3.04. The topological polar surface area (TPSA) is 54.6 Å². The van der Waals surface area contributed by atoms with Gasteiger partial charge >= 0.3 is 6.18 Å². The van der Waals surface area contributed by atoms with Crippen LogP contribution in [-0.2, 0) is 6.18 Å². The highest BCUT2D eigenvalue weighted by molar-refractivity contribution is 6.01. The zero-order chi connectivity index (χ0) is 22.9. The molecule has 1 N–H and O–H groups in total. The molecule has 4 nitrogen and oxygen atoms in total. The predicted octanol–water partition coefficient (Wildman–Crippen LogP) is 6.53. The second kappa shape index (κ2) is 8.49. The second-order valence-electron chi connectivity index (χ2n) is 7.57. The summed E-state index contributed by atoms with van der Waals surface area (Å²) in [5.41, 5.74) is 1.98. The molecule has 164 valence electrons. The third-order valence-electron chi connectivity index (χ3n) is 5.34. The highest BCUT2D eigenvalue weighted by Crippen LogP contribution is 2.42. The van der Waals surface area contributed by atoms with E-state index >= 15 is 0 Å². The lowest BCUT2D eigenvalue weighted by atomic mass is 10.00. The Morgan fingerprint density at radius 3 is 2.53 bits per heavy atom. The van der Waals surface area contributed by atoms with Gasteiger partial charge < -0.3 is 9.73 Å². The van der Waals surface area contributed by atoms with E-state index in [9.17, 15) is 18.0 Å². The first kappa shape index (κ1) is 21.6. The molecule has 1 amide bonds. The Morgan fingerprint density at radius 1 is 1.09 bits per heavy atom. The Morgan fingerprint density at radius 2 is 1.81 bits per heavy atom. The Bertz CT molecular complexity index is 1270. The number of alkyl halides is 3. The highest BCUT2D eigenvalue weighted by atomic mass is 19.4. The summed E-state index contributed by atoms with van der Waals surface area (Å²) in [6.45, 7) is 3.75. The van der Waals surface area contributed by atoms with Crippen molar-refractivity contribution in [2.24, 2.45) is 10.9 Å². The van der Waals surface area contributed by atoms with Gasteiger partial charge in [-0.2, -0.15) is 13.2 Å². The molecule has 2 aromatic carbocycles. The van der Waals surface area contributed by atoms with Crippen molar-refractivity contribution in [2.75, 3.05) is 0 Å². The number of rotatable bonds is 4. The maximum absolute atomic E-state index is 13.8. The maximum atomic E-state index is 13.8. The molecule has 0 fully saturated rings. The molecule has 32 heavy (non-hydrogen) atoms. The van der Waals surface area contributed by atoms with Crippen LogP contribution in [0.1, 0.15) is 40.6 Å². The van der Waals surface area contributed by atoms with Crippen molar-refractivity contribution in [1.82, 2.24) is 5.32 Å². The molecule has 4 rings (SSSR count). The molecule has 0 saturated carbocycles. The van der Waals surface area contributed by atoms with Crippen LogP contribution in [0, 0.1) is 12.8 Å². The zero-order valence-corrected chi connectivity index (χ0v) is 17.5. The smallest absolute Gasteiger partial charge is 0.450 e. The number of nitrogens with zero attached hydrogens (tertiary/aromatic N) is 1. The fourth-order valence-electron chi connectivity index (χ4n) is 3.69. The van der Waals surface area contributed by atoms with E-state index < -0.39 is 11.9 Å². The van der Waals surface area contributed by atoms with Crippen LogP contribution in [0.25, 0.3) is 16.7 Å². The summed E-state index contributed by atoms with van der Waals surface area (Å²) in [6.07, 6.45) is 0.805. The van der Waals surface area contributed by atoms with E-state index in [1.165, 1.54) is 12.3 Å². The first-order valence-electron chi connectivity index (χ1n) is 10.2. The van der Waals surface area contributed by atoms with Crippen molar-refractivity contribution in [1.29, 1.82) is 0 Å². The van der Waals surface area contributed by atoms with Crippen molar-refractivity contribution in [2.45, 2.75) is 26.4 Å². The molecule has 0 aliphatic carbocycles. The van der Waals surface area contributed by atoms with E-state index in [0.29, 0.717) is 23.1 Å². The van der Waals surface area contributed by atoms with Crippen molar-refractivity contribution in [3.8, 4) is 0 Å². The maximum Gasteiger partial charge on any atom is 0.450 e. The third kappa shape index (κ3) is 4.23. The number of benzene rings is 2. The summed E-state index contributed by atoms with van der Waals surface area (Å²) in [5, 5.41) is 3.16. The standard InChI is InChI=1S/C25H21F3N2O2/c1-3-16-12-17(30-24(31)18-9-5-4-8-15(18)2)14-29-20(13-16)22-19-10-6-7-11-21(19)32-23(22)25(26,27)28/h4-14,16H,3H2,1-2H3,(H,30,31). The molecule has 1 unspecified atom stereocenters. The summed E-state index contributed by atoms with van der Waals surface area (Å²) in [6, 6.07) is 13.5. The molecule has 1 aliphatic rings. The lowest BCUT2D eigenvalue weighted by molar-refractivity contribution is -0.152. The number of halogens is 3. The lowest BCUT2D eigenvalue weighted by Crippen LogP contribution is -2.24. The van der Waals surface area contributed by atoms with Crippen molar-refractivity contribution in [3.05, 3.63) is 88.8 Å². The number of hydrogen-bond donors (Lipinski definition) is 1. The molecule has 0 spiro atoms. The van der Waals surface area contributed by atoms with E-state index in [4.69, 9.17) is 4.42 Å². The number of nitrogens with one attached hydrogen (secondary N) is 1. The van der Waals surface area contributed by atoms with Crippen molar-refractivity contribution in [3.63, 3.8) is 0 Å². The summed E-state index contributed by atoms with van der Waals surface area (Å²) >= 11 is 0. The molecule has 7 heteroatoms. The minimum atomic E-state index is -4.67. The Labute approximate surface area is 183 Å². The van der Waals surface area contributed by atoms with Gasteiger partial charge in [0.2, 0.25) is 5.76 Å². The molecule has 1 aromatic heterocycles. The van der Waals surface area contributed by atoms with Crippen LogP contribution in [0.2, 0.25) is 0 Å². The minimum Gasteiger partial charge on any atom is -0.451 e. The van der Waals surface area contributed by atoms with Gasteiger partial charge in [0.05, 0.1) is 23.2 Å². The Balaban J connectivity index is 1.73. The van der Waals surface area contributed by atoms with E-state index in [2.05, 4.69) is 10.3 Å². The lowest BCUT2D eigenvalue weighted by Gasteiger charge is -2.09. The quantitative estimate of drug-likeness (QED) is 0.504. The highest BCUT2D eigenvalue weighted by Gasteiger charge is 2.40. The minimum absolute atomic E-state index is 0.0947. The molecular formula is C25H21F3N2O2. The summed E-state index contributed by atoms with van der Waals surface area (Å²) < 4.78 is 46.4. The van der Waals surface area contributed by atoms with E-state index in [-0.39, 0.29) is 28.7 Å². The van der Waals surface area contributed by atoms with Gasteiger partial charge in [0.25, 0.3) is 5.91 Å². The number of amides is 1. The molecule has 1 atom stereocenters. The number of furan rings is 1.